The maximum absolute atomic E-state index is 12.4. The fourth-order valence-corrected chi connectivity index (χ4v) is 3.57. The van der Waals surface area contributed by atoms with Crippen LogP contribution in [0.2, 0.25) is 0 Å². The molecule has 1 fully saturated rings. The summed E-state index contributed by atoms with van der Waals surface area (Å²) in [6.45, 7) is 2.61. The van der Waals surface area contributed by atoms with Crippen LogP contribution in [0, 0.1) is 24.7 Å². The Kier molecular flexibility index (Phi) is 5.40. The van der Waals surface area contributed by atoms with E-state index in [2.05, 4.69) is 16.6 Å². The van der Waals surface area contributed by atoms with Gasteiger partial charge in [0.25, 0.3) is 0 Å². The molecule has 1 aromatic carbocycles. The highest BCUT2D eigenvalue weighted by molar-refractivity contribution is 7.89. The van der Waals surface area contributed by atoms with E-state index in [1.165, 1.54) is 19.3 Å². The molecule has 0 saturated heterocycles. The summed E-state index contributed by atoms with van der Waals surface area (Å²) in [6, 6.07) is 5.18. The Morgan fingerprint density at radius 1 is 1.38 bits per heavy atom. The molecule has 2 rings (SSSR count). The smallest absolute Gasteiger partial charge is 0.241 e. The lowest BCUT2D eigenvalue weighted by molar-refractivity contribution is 0.297. The van der Waals surface area contributed by atoms with Crippen molar-refractivity contribution in [1.82, 2.24) is 4.72 Å². The lowest BCUT2D eigenvalue weighted by atomic mass is 9.83. The van der Waals surface area contributed by atoms with Crippen molar-refractivity contribution in [3.05, 3.63) is 29.3 Å². The lowest BCUT2D eigenvalue weighted by Gasteiger charge is -2.25. The maximum Gasteiger partial charge on any atom is 0.241 e. The lowest BCUT2D eigenvalue weighted by Crippen LogP contribution is -2.28. The van der Waals surface area contributed by atoms with Crippen molar-refractivity contribution in [2.75, 3.05) is 13.1 Å². The molecule has 1 aliphatic carbocycles. The zero-order valence-corrected chi connectivity index (χ0v) is 13.2. The van der Waals surface area contributed by atoms with Crippen molar-refractivity contribution in [2.45, 2.75) is 37.5 Å². The van der Waals surface area contributed by atoms with Crippen molar-refractivity contribution in [3.8, 4) is 11.8 Å². The predicted octanol–water partition coefficient (Wildman–Crippen LogP) is 1.77. The number of nitrogens with one attached hydrogen (secondary N) is 1. The van der Waals surface area contributed by atoms with Crippen LogP contribution in [0.3, 0.4) is 0 Å². The average molecular weight is 306 g/mol. The molecule has 114 valence electrons. The number of benzene rings is 1. The number of sulfonamides is 1. The number of rotatable bonds is 5. The van der Waals surface area contributed by atoms with Gasteiger partial charge in [-0.05, 0) is 37.0 Å². The molecule has 0 radical (unpaired) electrons. The first-order valence-electron chi connectivity index (χ1n) is 7.32. The molecular weight excluding hydrogens is 284 g/mol. The van der Waals surface area contributed by atoms with Crippen molar-refractivity contribution in [3.63, 3.8) is 0 Å². The standard InChI is InChI=1S/C16H22N2O2S/c1-13-7-8-16(15(12-13)6-3-10-17)21(19,20)18-11-9-14-4-2-5-14/h7-8,12,14,18H,2,4-5,9-11,17H2,1H3. The number of hydrogen-bond donors (Lipinski definition) is 2. The Hall–Kier alpha value is -1.35. The van der Waals surface area contributed by atoms with Crippen LogP contribution in [0.5, 0.6) is 0 Å². The van der Waals surface area contributed by atoms with E-state index in [1.807, 2.05) is 6.92 Å². The van der Waals surface area contributed by atoms with Gasteiger partial charge in [0, 0.05) is 12.1 Å². The molecule has 1 aliphatic rings. The molecule has 0 atom stereocenters. The molecule has 21 heavy (non-hydrogen) atoms. The topological polar surface area (TPSA) is 72.2 Å². The van der Waals surface area contributed by atoms with E-state index in [-0.39, 0.29) is 11.4 Å². The second-order valence-electron chi connectivity index (χ2n) is 5.49. The van der Waals surface area contributed by atoms with Gasteiger partial charge < -0.3 is 5.73 Å². The minimum Gasteiger partial charge on any atom is -0.320 e. The summed E-state index contributed by atoms with van der Waals surface area (Å²) in [5, 5.41) is 0. The van der Waals surface area contributed by atoms with Gasteiger partial charge in [-0.15, -0.1) is 0 Å². The van der Waals surface area contributed by atoms with E-state index in [0.29, 0.717) is 18.0 Å². The molecule has 4 nitrogen and oxygen atoms in total. The molecule has 1 saturated carbocycles. The monoisotopic (exact) mass is 306 g/mol. The number of nitrogens with two attached hydrogens (primary N) is 1. The van der Waals surface area contributed by atoms with Crippen LogP contribution in [0.1, 0.15) is 36.8 Å². The molecular formula is C16H22N2O2S. The van der Waals surface area contributed by atoms with Gasteiger partial charge in [-0.25, -0.2) is 13.1 Å². The quantitative estimate of drug-likeness (QED) is 0.814. The van der Waals surface area contributed by atoms with Crippen molar-refractivity contribution >= 4 is 10.0 Å². The Morgan fingerprint density at radius 2 is 2.14 bits per heavy atom. The Balaban J connectivity index is 2.13. The molecule has 0 aliphatic heterocycles. The van der Waals surface area contributed by atoms with E-state index >= 15 is 0 Å². The number of hydrogen-bond acceptors (Lipinski definition) is 3. The van der Waals surface area contributed by atoms with Gasteiger partial charge in [-0.1, -0.05) is 37.2 Å². The molecule has 0 aromatic heterocycles. The van der Waals surface area contributed by atoms with Crippen molar-refractivity contribution in [1.29, 1.82) is 0 Å². The molecule has 0 bridgehead atoms. The first-order chi connectivity index (χ1) is 10.0. The third kappa shape index (κ3) is 4.31. The summed E-state index contributed by atoms with van der Waals surface area (Å²) in [5.74, 6) is 6.25. The summed E-state index contributed by atoms with van der Waals surface area (Å²) in [6.07, 6.45) is 4.63. The third-order valence-electron chi connectivity index (χ3n) is 3.82. The van der Waals surface area contributed by atoms with Gasteiger partial charge in [0.15, 0.2) is 0 Å². The van der Waals surface area contributed by atoms with Gasteiger partial charge in [0.05, 0.1) is 11.4 Å². The van der Waals surface area contributed by atoms with E-state index < -0.39 is 10.0 Å². The maximum atomic E-state index is 12.4. The van der Waals surface area contributed by atoms with Crippen LogP contribution < -0.4 is 10.5 Å². The Morgan fingerprint density at radius 3 is 2.76 bits per heavy atom. The molecule has 5 heteroatoms. The van der Waals surface area contributed by atoms with E-state index in [9.17, 15) is 8.42 Å². The highest BCUT2D eigenvalue weighted by Gasteiger charge is 2.20. The summed E-state index contributed by atoms with van der Waals surface area (Å²) in [4.78, 5) is 0.239. The highest BCUT2D eigenvalue weighted by Crippen LogP contribution is 2.29. The predicted molar refractivity (Wildman–Crippen MR) is 84.3 cm³/mol. The van der Waals surface area contributed by atoms with Gasteiger partial charge >= 0.3 is 0 Å². The first kappa shape index (κ1) is 16.0. The summed E-state index contributed by atoms with van der Waals surface area (Å²) in [5.41, 5.74) is 6.86. The first-order valence-corrected chi connectivity index (χ1v) is 8.80. The minimum atomic E-state index is -3.51. The highest BCUT2D eigenvalue weighted by atomic mass is 32.2. The molecule has 1 aromatic rings. The van der Waals surface area contributed by atoms with Crippen LogP contribution in [-0.4, -0.2) is 21.5 Å². The van der Waals surface area contributed by atoms with E-state index in [0.717, 1.165) is 12.0 Å². The summed E-state index contributed by atoms with van der Waals surface area (Å²) < 4.78 is 27.5. The van der Waals surface area contributed by atoms with Crippen molar-refractivity contribution in [2.24, 2.45) is 11.7 Å². The van der Waals surface area contributed by atoms with Crippen LogP contribution in [0.25, 0.3) is 0 Å². The van der Waals surface area contributed by atoms with Gasteiger partial charge in [0.2, 0.25) is 10.0 Å². The minimum absolute atomic E-state index is 0.211. The zero-order valence-electron chi connectivity index (χ0n) is 12.4. The normalized spacial score (nSPS) is 15.1. The fraction of sp³-hybridized carbons (Fsp3) is 0.500. The molecule has 0 unspecified atom stereocenters. The Labute approximate surface area is 127 Å². The summed E-state index contributed by atoms with van der Waals surface area (Å²) >= 11 is 0. The molecule has 0 amide bonds. The summed E-state index contributed by atoms with van der Waals surface area (Å²) in [7, 11) is -3.51. The van der Waals surface area contributed by atoms with Crippen LogP contribution in [0.15, 0.2) is 23.1 Å². The van der Waals surface area contributed by atoms with E-state index in [1.54, 1.807) is 18.2 Å². The molecule has 0 heterocycles. The molecule has 3 N–H and O–H groups in total. The van der Waals surface area contributed by atoms with Crippen LogP contribution in [-0.2, 0) is 10.0 Å². The molecule has 0 spiro atoms. The number of aryl methyl sites for hydroxylation is 1. The fourth-order valence-electron chi connectivity index (χ4n) is 2.38. The second-order valence-corrected chi connectivity index (χ2v) is 7.22. The van der Waals surface area contributed by atoms with Gasteiger partial charge in [-0.2, -0.15) is 0 Å². The second kappa shape index (κ2) is 7.08. The SMILES string of the molecule is Cc1ccc(S(=O)(=O)NCCC2CCC2)c(C#CCN)c1. The van der Waals surface area contributed by atoms with Gasteiger partial charge in [0.1, 0.15) is 0 Å². The van der Waals surface area contributed by atoms with Crippen LogP contribution >= 0.6 is 0 Å². The Bertz CT molecular complexity index is 653. The third-order valence-corrected chi connectivity index (χ3v) is 5.34. The van der Waals surface area contributed by atoms with Crippen molar-refractivity contribution < 1.29 is 8.42 Å². The van der Waals surface area contributed by atoms with Crippen LogP contribution in [0.4, 0.5) is 0 Å². The average Bonchev–Trinajstić information content (AvgIpc) is 2.39. The van der Waals surface area contributed by atoms with E-state index in [4.69, 9.17) is 5.73 Å². The van der Waals surface area contributed by atoms with Gasteiger partial charge in [-0.3, -0.25) is 0 Å². The largest absolute Gasteiger partial charge is 0.320 e. The zero-order chi connectivity index (χ0) is 15.3.